The Labute approximate surface area is 126 Å². The molecule has 3 nitrogen and oxygen atoms in total. The van der Waals surface area contributed by atoms with Crippen molar-refractivity contribution in [1.82, 2.24) is 0 Å². The molecule has 2 N–H and O–H groups in total. The summed E-state index contributed by atoms with van der Waals surface area (Å²) in [5, 5.41) is 0. The van der Waals surface area contributed by atoms with Crippen LogP contribution in [-0.2, 0) is 11.2 Å². The fourth-order valence-electron chi connectivity index (χ4n) is 2.60. The van der Waals surface area contributed by atoms with Crippen molar-refractivity contribution in [1.29, 1.82) is 0 Å². The maximum absolute atomic E-state index is 14.4. The quantitative estimate of drug-likeness (QED) is 0.761. The highest BCUT2D eigenvalue weighted by Crippen LogP contribution is 2.28. The molecular formula is C16H26F2N2O. The third-order valence-electron chi connectivity index (χ3n) is 3.72. The highest BCUT2D eigenvalue weighted by atomic mass is 19.1. The number of hydrogen-bond acceptors (Lipinski definition) is 3. The van der Waals surface area contributed by atoms with Gasteiger partial charge in [-0.25, -0.2) is 8.78 Å². The second kappa shape index (κ2) is 8.95. The van der Waals surface area contributed by atoms with E-state index in [0.717, 1.165) is 12.8 Å². The standard InChI is InChI=1S/C16H26F2N2O/c1-4-13(5-2)20(8-9-21-3)16-14(17)10-12(6-7-19)11-15(16)18/h10-11,13H,4-9,19H2,1-3H3. The van der Waals surface area contributed by atoms with Crippen LogP contribution in [0.3, 0.4) is 0 Å². The Hall–Kier alpha value is -1.20. The van der Waals surface area contributed by atoms with E-state index in [4.69, 9.17) is 10.5 Å². The van der Waals surface area contributed by atoms with E-state index < -0.39 is 11.6 Å². The summed E-state index contributed by atoms with van der Waals surface area (Å²) in [6.07, 6.45) is 2.12. The van der Waals surface area contributed by atoms with Crippen LogP contribution in [-0.4, -0.2) is 32.8 Å². The molecule has 0 aliphatic carbocycles. The molecule has 0 radical (unpaired) electrons. The minimum Gasteiger partial charge on any atom is -0.383 e. The minimum atomic E-state index is -0.526. The Bertz CT molecular complexity index is 413. The number of halogens is 2. The minimum absolute atomic E-state index is 0.0431. The molecule has 0 saturated carbocycles. The van der Waals surface area contributed by atoms with Crippen LogP contribution >= 0.6 is 0 Å². The molecule has 0 saturated heterocycles. The molecule has 1 rings (SSSR count). The fourth-order valence-corrected chi connectivity index (χ4v) is 2.60. The zero-order valence-electron chi connectivity index (χ0n) is 13.2. The topological polar surface area (TPSA) is 38.5 Å². The highest BCUT2D eigenvalue weighted by Gasteiger charge is 2.23. The van der Waals surface area contributed by atoms with Gasteiger partial charge in [-0.2, -0.15) is 0 Å². The molecule has 1 aromatic carbocycles. The van der Waals surface area contributed by atoms with E-state index in [1.807, 2.05) is 13.8 Å². The molecule has 0 aromatic heterocycles. The summed E-state index contributed by atoms with van der Waals surface area (Å²) in [4.78, 5) is 1.78. The lowest BCUT2D eigenvalue weighted by Gasteiger charge is -2.33. The van der Waals surface area contributed by atoms with Crippen molar-refractivity contribution in [2.24, 2.45) is 5.73 Å². The number of hydrogen-bond donors (Lipinski definition) is 1. The molecule has 0 aliphatic rings. The molecule has 21 heavy (non-hydrogen) atoms. The van der Waals surface area contributed by atoms with Gasteiger partial charge < -0.3 is 15.4 Å². The van der Waals surface area contributed by atoms with Gasteiger partial charge in [0.2, 0.25) is 0 Å². The van der Waals surface area contributed by atoms with E-state index in [1.54, 1.807) is 12.0 Å². The fraction of sp³-hybridized carbons (Fsp3) is 0.625. The largest absolute Gasteiger partial charge is 0.383 e. The zero-order valence-corrected chi connectivity index (χ0v) is 13.2. The Morgan fingerprint density at radius 2 is 1.76 bits per heavy atom. The van der Waals surface area contributed by atoms with Crippen LogP contribution in [0.5, 0.6) is 0 Å². The van der Waals surface area contributed by atoms with E-state index in [9.17, 15) is 8.78 Å². The molecule has 0 aliphatic heterocycles. The second-order valence-electron chi connectivity index (χ2n) is 5.10. The monoisotopic (exact) mass is 300 g/mol. The van der Waals surface area contributed by atoms with Crippen molar-refractivity contribution in [3.05, 3.63) is 29.3 Å². The third kappa shape index (κ3) is 4.64. The Balaban J connectivity index is 3.16. The highest BCUT2D eigenvalue weighted by molar-refractivity contribution is 5.51. The molecule has 0 fully saturated rings. The smallest absolute Gasteiger partial charge is 0.149 e. The van der Waals surface area contributed by atoms with Crippen LogP contribution in [0.15, 0.2) is 12.1 Å². The predicted molar refractivity (Wildman–Crippen MR) is 82.7 cm³/mol. The number of methoxy groups -OCH3 is 1. The van der Waals surface area contributed by atoms with Gasteiger partial charge in [0.15, 0.2) is 0 Å². The first kappa shape index (κ1) is 17.9. The van der Waals surface area contributed by atoms with Crippen molar-refractivity contribution in [2.75, 3.05) is 31.7 Å². The van der Waals surface area contributed by atoms with Gasteiger partial charge in [0, 0.05) is 19.7 Å². The molecule has 0 amide bonds. The molecular weight excluding hydrogens is 274 g/mol. The number of nitrogens with two attached hydrogens (primary N) is 1. The first-order chi connectivity index (χ1) is 10.1. The summed E-state index contributed by atoms with van der Waals surface area (Å²) < 4.78 is 33.8. The Morgan fingerprint density at radius 3 is 2.19 bits per heavy atom. The number of ether oxygens (including phenoxy) is 1. The van der Waals surface area contributed by atoms with Gasteiger partial charge in [-0.15, -0.1) is 0 Å². The van der Waals surface area contributed by atoms with E-state index >= 15 is 0 Å². The average Bonchev–Trinajstić information content (AvgIpc) is 2.44. The normalized spacial score (nSPS) is 11.2. The van der Waals surface area contributed by atoms with Gasteiger partial charge in [-0.1, -0.05) is 13.8 Å². The van der Waals surface area contributed by atoms with Gasteiger partial charge in [0.05, 0.1) is 6.61 Å². The van der Waals surface area contributed by atoms with Crippen LogP contribution < -0.4 is 10.6 Å². The van der Waals surface area contributed by atoms with Gasteiger partial charge in [-0.3, -0.25) is 0 Å². The summed E-state index contributed by atoms with van der Waals surface area (Å²) >= 11 is 0. The van der Waals surface area contributed by atoms with E-state index in [-0.39, 0.29) is 11.7 Å². The van der Waals surface area contributed by atoms with Gasteiger partial charge >= 0.3 is 0 Å². The molecule has 0 atom stereocenters. The molecule has 1 aromatic rings. The summed E-state index contributed by atoms with van der Waals surface area (Å²) in [6.45, 7) is 5.31. The SMILES string of the molecule is CCC(CC)N(CCOC)c1c(F)cc(CCN)cc1F. The lowest BCUT2D eigenvalue weighted by atomic mass is 10.1. The Kier molecular flexibility index (Phi) is 7.61. The number of benzene rings is 1. The van der Waals surface area contributed by atoms with Gasteiger partial charge in [-0.05, 0) is 43.5 Å². The van der Waals surface area contributed by atoms with Crippen LogP contribution in [0.25, 0.3) is 0 Å². The summed E-state index contributed by atoms with van der Waals surface area (Å²) in [7, 11) is 1.59. The molecule has 0 spiro atoms. The lowest BCUT2D eigenvalue weighted by molar-refractivity contribution is 0.202. The summed E-state index contributed by atoms with van der Waals surface area (Å²) in [6, 6.07) is 2.85. The molecule has 5 heteroatoms. The molecule has 120 valence electrons. The van der Waals surface area contributed by atoms with Crippen LogP contribution in [0.4, 0.5) is 14.5 Å². The lowest BCUT2D eigenvalue weighted by Crippen LogP contribution is -2.38. The van der Waals surface area contributed by atoms with Crippen LogP contribution in [0.1, 0.15) is 32.3 Å². The zero-order chi connectivity index (χ0) is 15.8. The molecule has 0 heterocycles. The van der Waals surface area contributed by atoms with Crippen molar-refractivity contribution in [2.45, 2.75) is 39.2 Å². The first-order valence-electron chi connectivity index (χ1n) is 7.52. The average molecular weight is 300 g/mol. The van der Waals surface area contributed by atoms with Crippen molar-refractivity contribution >= 4 is 5.69 Å². The maximum Gasteiger partial charge on any atom is 0.149 e. The summed E-state index contributed by atoms with van der Waals surface area (Å²) in [5.74, 6) is -1.05. The third-order valence-corrected chi connectivity index (χ3v) is 3.72. The second-order valence-corrected chi connectivity index (χ2v) is 5.10. The summed E-state index contributed by atoms with van der Waals surface area (Å²) in [5.41, 5.74) is 6.08. The van der Waals surface area contributed by atoms with Crippen LogP contribution in [0.2, 0.25) is 0 Å². The van der Waals surface area contributed by atoms with Gasteiger partial charge in [0.25, 0.3) is 0 Å². The van der Waals surface area contributed by atoms with Crippen molar-refractivity contribution < 1.29 is 13.5 Å². The van der Waals surface area contributed by atoms with Crippen molar-refractivity contribution in [3.63, 3.8) is 0 Å². The predicted octanol–water partition coefficient (Wildman–Crippen LogP) is 3.11. The maximum atomic E-state index is 14.4. The van der Waals surface area contributed by atoms with Crippen LogP contribution in [0, 0.1) is 11.6 Å². The number of anilines is 1. The van der Waals surface area contributed by atoms with E-state index in [0.29, 0.717) is 31.7 Å². The van der Waals surface area contributed by atoms with Gasteiger partial charge in [0.1, 0.15) is 17.3 Å². The number of rotatable bonds is 9. The van der Waals surface area contributed by atoms with E-state index in [1.165, 1.54) is 12.1 Å². The molecule has 0 bridgehead atoms. The Morgan fingerprint density at radius 1 is 1.19 bits per heavy atom. The van der Waals surface area contributed by atoms with E-state index in [2.05, 4.69) is 0 Å². The molecule has 0 unspecified atom stereocenters. The number of nitrogens with zero attached hydrogens (tertiary/aromatic N) is 1. The first-order valence-corrected chi connectivity index (χ1v) is 7.52. The van der Waals surface area contributed by atoms with Crippen molar-refractivity contribution in [3.8, 4) is 0 Å².